The zero-order chi connectivity index (χ0) is 13.8. The number of carbonyl (C=O) groups is 1. The molecule has 1 unspecified atom stereocenters. The molecular formula is C12H17ClN4O2. The number of anilines is 1. The summed E-state index contributed by atoms with van der Waals surface area (Å²) < 4.78 is 5.02. The highest BCUT2D eigenvalue weighted by Crippen LogP contribution is 2.21. The highest BCUT2D eigenvalue weighted by atomic mass is 35.5. The first-order valence-electron chi connectivity index (χ1n) is 6.13. The number of carbonyl (C=O) groups excluding carboxylic acids is 1. The van der Waals surface area contributed by atoms with E-state index in [0.717, 1.165) is 25.3 Å². The molecule has 0 bridgehead atoms. The Balaban J connectivity index is 2.08. The minimum absolute atomic E-state index is 0.00681. The molecule has 19 heavy (non-hydrogen) atoms. The van der Waals surface area contributed by atoms with Crippen LogP contribution in [-0.4, -0.2) is 42.1 Å². The standard InChI is InChI=1S/C12H17ClN4O2/c1-8(18)14-9-3-4-17(6-9)12-5-10(13)15-11(16-12)7-19-2/h5,9H,3-4,6-7H2,1-2H3,(H,14,18). The second-order valence-corrected chi connectivity index (χ2v) is 4.92. The zero-order valence-corrected chi connectivity index (χ0v) is 11.8. The lowest BCUT2D eigenvalue weighted by Crippen LogP contribution is -2.35. The molecule has 1 aliphatic rings. The molecule has 7 heteroatoms. The number of nitrogens with zero attached hydrogens (tertiary/aromatic N) is 3. The summed E-state index contributed by atoms with van der Waals surface area (Å²) in [5.74, 6) is 1.33. The van der Waals surface area contributed by atoms with Crippen LogP contribution < -0.4 is 10.2 Å². The molecule has 1 aromatic heterocycles. The van der Waals surface area contributed by atoms with Gasteiger partial charge in [-0.15, -0.1) is 0 Å². The lowest BCUT2D eigenvalue weighted by Gasteiger charge is -2.18. The number of rotatable bonds is 4. The van der Waals surface area contributed by atoms with E-state index in [1.54, 1.807) is 13.2 Å². The van der Waals surface area contributed by atoms with Crippen LogP contribution in [0.3, 0.4) is 0 Å². The van der Waals surface area contributed by atoms with E-state index in [0.29, 0.717) is 17.6 Å². The van der Waals surface area contributed by atoms with Crippen LogP contribution in [0.2, 0.25) is 5.15 Å². The Morgan fingerprint density at radius 2 is 2.42 bits per heavy atom. The second kappa shape index (κ2) is 6.16. The Labute approximate surface area is 117 Å². The van der Waals surface area contributed by atoms with Crippen molar-refractivity contribution in [2.45, 2.75) is 26.0 Å². The summed E-state index contributed by atoms with van der Waals surface area (Å²) in [5.41, 5.74) is 0. The maximum Gasteiger partial charge on any atom is 0.217 e. The first-order valence-corrected chi connectivity index (χ1v) is 6.50. The summed E-state index contributed by atoms with van der Waals surface area (Å²) in [6, 6.07) is 1.90. The molecule has 0 spiro atoms. The van der Waals surface area contributed by atoms with Gasteiger partial charge in [-0.3, -0.25) is 4.79 Å². The maximum absolute atomic E-state index is 11.0. The number of halogens is 1. The number of hydrogen-bond acceptors (Lipinski definition) is 5. The second-order valence-electron chi connectivity index (χ2n) is 4.53. The van der Waals surface area contributed by atoms with E-state index in [-0.39, 0.29) is 11.9 Å². The fourth-order valence-corrected chi connectivity index (χ4v) is 2.38. The van der Waals surface area contributed by atoms with E-state index in [1.165, 1.54) is 6.92 Å². The molecule has 1 aromatic rings. The van der Waals surface area contributed by atoms with Crippen molar-refractivity contribution in [3.63, 3.8) is 0 Å². The van der Waals surface area contributed by atoms with Gasteiger partial charge in [-0.25, -0.2) is 9.97 Å². The quantitative estimate of drug-likeness (QED) is 0.835. The average Bonchev–Trinajstić information content (AvgIpc) is 2.76. The largest absolute Gasteiger partial charge is 0.377 e. The Kier molecular flexibility index (Phi) is 4.55. The summed E-state index contributed by atoms with van der Waals surface area (Å²) in [7, 11) is 1.59. The predicted molar refractivity (Wildman–Crippen MR) is 72.2 cm³/mol. The number of methoxy groups -OCH3 is 1. The summed E-state index contributed by atoms with van der Waals surface area (Å²) in [6.45, 7) is 3.43. The molecule has 1 atom stereocenters. The molecule has 0 saturated carbocycles. The van der Waals surface area contributed by atoms with Gasteiger partial charge in [0, 0.05) is 39.2 Å². The van der Waals surface area contributed by atoms with Gasteiger partial charge < -0.3 is 15.0 Å². The van der Waals surface area contributed by atoms with Crippen molar-refractivity contribution in [2.24, 2.45) is 0 Å². The van der Waals surface area contributed by atoms with E-state index in [1.807, 2.05) is 0 Å². The number of aromatic nitrogens is 2. The highest BCUT2D eigenvalue weighted by molar-refractivity contribution is 6.29. The molecule has 2 heterocycles. The monoisotopic (exact) mass is 284 g/mol. The summed E-state index contributed by atoms with van der Waals surface area (Å²) >= 11 is 5.98. The molecule has 2 rings (SSSR count). The predicted octanol–water partition coefficient (Wildman–Crippen LogP) is 0.991. The molecule has 1 amide bonds. The van der Waals surface area contributed by atoms with Crippen molar-refractivity contribution in [2.75, 3.05) is 25.1 Å². The minimum atomic E-state index is -0.00681. The lowest BCUT2D eigenvalue weighted by atomic mass is 10.3. The Hall–Kier alpha value is -1.40. The molecule has 0 aliphatic carbocycles. The van der Waals surface area contributed by atoms with Crippen LogP contribution in [0, 0.1) is 0 Å². The number of hydrogen-bond donors (Lipinski definition) is 1. The third-order valence-electron chi connectivity index (χ3n) is 2.92. The first kappa shape index (κ1) is 14.0. The van der Waals surface area contributed by atoms with Crippen molar-refractivity contribution >= 4 is 23.3 Å². The minimum Gasteiger partial charge on any atom is -0.377 e. The van der Waals surface area contributed by atoms with E-state index in [4.69, 9.17) is 16.3 Å². The molecule has 6 nitrogen and oxygen atoms in total. The van der Waals surface area contributed by atoms with Gasteiger partial charge in [0.25, 0.3) is 0 Å². The molecule has 1 aliphatic heterocycles. The van der Waals surface area contributed by atoms with Crippen LogP contribution in [0.25, 0.3) is 0 Å². The molecule has 0 radical (unpaired) electrons. The molecule has 1 fully saturated rings. The van der Waals surface area contributed by atoms with Crippen molar-refractivity contribution in [3.8, 4) is 0 Å². The van der Waals surface area contributed by atoms with Gasteiger partial charge in [0.05, 0.1) is 0 Å². The number of amides is 1. The first-order chi connectivity index (χ1) is 9.08. The topological polar surface area (TPSA) is 67.3 Å². The molecule has 1 saturated heterocycles. The van der Waals surface area contributed by atoms with E-state index >= 15 is 0 Å². The normalized spacial score (nSPS) is 18.7. The van der Waals surface area contributed by atoms with Gasteiger partial charge in [-0.2, -0.15) is 0 Å². The van der Waals surface area contributed by atoms with E-state index < -0.39 is 0 Å². The Morgan fingerprint density at radius 3 is 3.11 bits per heavy atom. The third kappa shape index (κ3) is 3.78. The van der Waals surface area contributed by atoms with Crippen molar-refractivity contribution < 1.29 is 9.53 Å². The van der Waals surface area contributed by atoms with Gasteiger partial charge in [0.1, 0.15) is 17.6 Å². The third-order valence-corrected chi connectivity index (χ3v) is 3.11. The number of ether oxygens (including phenoxy) is 1. The van der Waals surface area contributed by atoms with Crippen molar-refractivity contribution in [1.82, 2.24) is 15.3 Å². The molecule has 1 N–H and O–H groups in total. The Morgan fingerprint density at radius 1 is 1.63 bits per heavy atom. The fraction of sp³-hybridized carbons (Fsp3) is 0.583. The Bertz CT molecular complexity index is 469. The van der Waals surface area contributed by atoms with Gasteiger partial charge in [0.15, 0.2) is 5.82 Å². The summed E-state index contributed by atoms with van der Waals surface area (Å²) in [5, 5.41) is 3.32. The fourth-order valence-electron chi connectivity index (χ4n) is 2.18. The van der Waals surface area contributed by atoms with Crippen LogP contribution in [0.5, 0.6) is 0 Å². The van der Waals surface area contributed by atoms with Crippen LogP contribution in [0.4, 0.5) is 5.82 Å². The SMILES string of the molecule is COCc1nc(Cl)cc(N2CCC(NC(C)=O)C2)n1. The summed E-state index contributed by atoms with van der Waals surface area (Å²) in [6.07, 6.45) is 0.904. The molecular weight excluding hydrogens is 268 g/mol. The van der Waals surface area contributed by atoms with Gasteiger partial charge >= 0.3 is 0 Å². The van der Waals surface area contributed by atoms with Crippen LogP contribution in [0.1, 0.15) is 19.2 Å². The summed E-state index contributed by atoms with van der Waals surface area (Å²) in [4.78, 5) is 21.6. The van der Waals surface area contributed by atoms with Crippen LogP contribution in [0.15, 0.2) is 6.07 Å². The van der Waals surface area contributed by atoms with E-state index in [2.05, 4.69) is 20.2 Å². The smallest absolute Gasteiger partial charge is 0.217 e. The molecule has 0 aromatic carbocycles. The van der Waals surface area contributed by atoms with Gasteiger partial charge in [-0.1, -0.05) is 11.6 Å². The van der Waals surface area contributed by atoms with Crippen molar-refractivity contribution in [3.05, 3.63) is 17.0 Å². The molecule has 104 valence electrons. The van der Waals surface area contributed by atoms with Gasteiger partial charge in [-0.05, 0) is 6.42 Å². The highest BCUT2D eigenvalue weighted by Gasteiger charge is 2.24. The van der Waals surface area contributed by atoms with Gasteiger partial charge in [0.2, 0.25) is 5.91 Å². The number of nitrogens with one attached hydrogen (secondary N) is 1. The van der Waals surface area contributed by atoms with Crippen LogP contribution in [-0.2, 0) is 16.1 Å². The van der Waals surface area contributed by atoms with Crippen molar-refractivity contribution in [1.29, 1.82) is 0 Å². The zero-order valence-electron chi connectivity index (χ0n) is 11.0. The average molecular weight is 285 g/mol. The lowest BCUT2D eigenvalue weighted by molar-refractivity contribution is -0.119. The van der Waals surface area contributed by atoms with Crippen LogP contribution >= 0.6 is 11.6 Å². The van der Waals surface area contributed by atoms with E-state index in [9.17, 15) is 4.79 Å². The maximum atomic E-state index is 11.0.